The van der Waals surface area contributed by atoms with Crippen molar-refractivity contribution in [3.05, 3.63) is 23.4 Å². The molecule has 0 saturated carbocycles. The number of hydrogen-bond donors (Lipinski definition) is 1. The highest BCUT2D eigenvalue weighted by atomic mass is 28.3. The number of carbonyl (C=O) groups is 1. The Morgan fingerprint density at radius 3 is 2.86 bits per heavy atom. The second-order valence-electron chi connectivity index (χ2n) is 3.90. The summed E-state index contributed by atoms with van der Waals surface area (Å²) < 4.78 is 4.78. The maximum absolute atomic E-state index is 11.4. The molecule has 1 amide bonds. The molecule has 4 heteroatoms. The zero-order chi connectivity index (χ0) is 10.6. The first kappa shape index (κ1) is 11.2. The van der Waals surface area contributed by atoms with E-state index in [9.17, 15) is 4.79 Å². The molecule has 1 rings (SSSR count). The van der Waals surface area contributed by atoms with Crippen LogP contribution in [0.1, 0.15) is 6.42 Å². The first-order valence-electron chi connectivity index (χ1n) is 4.73. The lowest BCUT2D eigenvalue weighted by molar-refractivity contribution is -0.123. The molecule has 0 aliphatic heterocycles. The van der Waals surface area contributed by atoms with Crippen molar-refractivity contribution in [2.24, 2.45) is 0 Å². The predicted octanol–water partition coefficient (Wildman–Crippen LogP) is 1.38. The molecule has 0 spiro atoms. The minimum absolute atomic E-state index is 0.0228. The van der Waals surface area contributed by atoms with E-state index in [-0.39, 0.29) is 12.5 Å². The van der Waals surface area contributed by atoms with Crippen LogP contribution < -0.4 is 4.98 Å². The summed E-state index contributed by atoms with van der Waals surface area (Å²) in [7, 11) is -0.245. The summed E-state index contributed by atoms with van der Waals surface area (Å²) in [6.45, 7) is 4.40. The fourth-order valence-electron chi connectivity index (χ4n) is 1.51. The van der Waals surface area contributed by atoms with Gasteiger partial charge in [-0.15, -0.1) is 0 Å². The predicted molar refractivity (Wildman–Crippen MR) is 59.3 cm³/mol. The van der Waals surface area contributed by atoms with Gasteiger partial charge >= 0.3 is 0 Å². The third-order valence-electron chi connectivity index (χ3n) is 2.22. The van der Waals surface area contributed by atoms with Gasteiger partial charge in [-0.1, -0.05) is 18.2 Å². The van der Waals surface area contributed by atoms with E-state index < -0.39 is 8.24 Å². The molecule has 1 aliphatic rings. The number of hydrogen-bond acceptors (Lipinski definition) is 2. The van der Waals surface area contributed by atoms with E-state index in [2.05, 4.69) is 36.3 Å². The second kappa shape index (κ2) is 4.57. The van der Waals surface area contributed by atoms with Gasteiger partial charge in [-0.05, 0) is 24.7 Å². The molecule has 0 atom stereocenters. The van der Waals surface area contributed by atoms with Crippen molar-refractivity contribution < 1.29 is 9.53 Å². The Morgan fingerprint density at radius 1 is 1.64 bits per heavy atom. The highest BCUT2D eigenvalue weighted by Gasteiger charge is 2.27. The molecule has 0 fully saturated rings. The molecule has 0 aromatic heterocycles. The van der Waals surface area contributed by atoms with Crippen LogP contribution in [0.3, 0.4) is 0 Å². The standard InChI is InChI=1S/C10H17NO2Si/c1-13-8-10(12)11-14(2,3)9-6-4-5-7-9/h4,6-7H,5,8H2,1-3H3,(H,11,12). The minimum Gasteiger partial charge on any atom is -0.376 e. The molecule has 3 nitrogen and oxygen atoms in total. The Labute approximate surface area is 85.9 Å². The van der Waals surface area contributed by atoms with E-state index in [0.29, 0.717) is 0 Å². The van der Waals surface area contributed by atoms with Crippen molar-refractivity contribution in [1.82, 2.24) is 4.98 Å². The van der Waals surface area contributed by atoms with Gasteiger partial charge in [-0.2, -0.15) is 0 Å². The quantitative estimate of drug-likeness (QED) is 0.713. The Balaban J connectivity index is 2.57. The van der Waals surface area contributed by atoms with E-state index in [4.69, 9.17) is 4.74 Å². The van der Waals surface area contributed by atoms with Gasteiger partial charge < -0.3 is 9.72 Å². The topological polar surface area (TPSA) is 38.3 Å². The van der Waals surface area contributed by atoms with E-state index in [1.54, 1.807) is 0 Å². The zero-order valence-electron chi connectivity index (χ0n) is 8.96. The lowest BCUT2D eigenvalue weighted by atomic mass is 10.5. The van der Waals surface area contributed by atoms with Gasteiger partial charge in [0, 0.05) is 7.11 Å². The number of amides is 1. The summed E-state index contributed by atoms with van der Waals surface area (Å²) in [6.07, 6.45) is 7.40. The van der Waals surface area contributed by atoms with E-state index in [0.717, 1.165) is 6.42 Å². The Morgan fingerprint density at radius 2 is 2.36 bits per heavy atom. The average molecular weight is 211 g/mol. The van der Waals surface area contributed by atoms with Crippen LogP contribution in [0.4, 0.5) is 0 Å². The van der Waals surface area contributed by atoms with Crippen molar-refractivity contribution in [1.29, 1.82) is 0 Å². The molecule has 0 saturated heterocycles. The summed E-state index contributed by atoms with van der Waals surface area (Å²) in [5, 5.41) is 1.29. The molecule has 0 heterocycles. The second-order valence-corrected chi connectivity index (χ2v) is 7.98. The van der Waals surface area contributed by atoms with E-state index >= 15 is 0 Å². The maximum Gasteiger partial charge on any atom is 0.238 e. The maximum atomic E-state index is 11.4. The van der Waals surface area contributed by atoms with Crippen molar-refractivity contribution in [2.45, 2.75) is 19.5 Å². The molecule has 78 valence electrons. The largest absolute Gasteiger partial charge is 0.376 e. The molecular weight excluding hydrogens is 194 g/mol. The third kappa shape index (κ3) is 2.82. The van der Waals surface area contributed by atoms with Crippen molar-refractivity contribution in [2.75, 3.05) is 13.7 Å². The van der Waals surface area contributed by atoms with Crippen LogP contribution >= 0.6 is 0 Å². The molecule has 0 unspecified atom stereocenters. The van der Waals surface area contributed by atoms with Crippen molar-refractivity contribution in [3.63, 3.8) is 0 Å². The van der Waals surface area contributed by atoms with Crippen LogP contribution in [0.15, 0.2) is 23.4 Å². The number of nitrogens with one attached hydrogen (secondary N) is 1. The van der Waals surface area contributed by atoms with Crippen LogP contribution in [0.5, 0.6) is 0 Å². The highest BCUT2D eigenvalue weighted by Crippen LogP contribution is 2.18. The van der Waals surface area contributed by atoms with Crippen molar-refractivity contribution in [3.8, 4) is 0 Å². The molecule has 1 aliphatic carbocycles. The van der Waals surface area contributed by atoms with Gasteiger partial charge in [0.25, 0.3) is 0 Å². The smallest absolute Gasteiger partial charge is 0.238 e. The van der Waals surface area contributed by atoms with Crippen molar-refractivity contribution >= 4 is 14.1 Å². The molecule has 0 bridgehead atoms. The molecule has 0 radical (unpaired) electrons. The summed E-state index contributed by atoms with van der Waals surface area (Å²) >= 11 is 0. The highest BCUT2D eigenvalue weighted by molar-refractivity contribution is 6.84. The Hall–Kier alpha value is -0.873. The fourth-order valence-corrected chi connectivity index (χ4v) is 3.59. The van der Waals surface area contributed by atoms with E-state index in [1.807, 2.05) is 0 Å². The normalized spacial score (nSPS) is 15.5. The Kier molecular flexibility index (Phi) is 3.66. The van der Waals surface area contributed by atoms with Crippen LogP contribution in [0.25, 0.3) is 0 Å². The summed E-state index contributed by atoms with van der Waals surface area (Å²) in [5.41, 5.74) is 0. The molecule has 1 N–H and O–H groups in total. The lowest BCUT2D eigenvalue weighted by Crippen LogP contribution is -2.50. The van der Waals surface area contributed by atoms with Crippen LogP contribution in [0, 0.1) is 0 Å². The molecule has 0 aromatic rings. The van der Waals surface area contributed by atoms with Crippen LogP contribution in [-0.2, 0) is 9.53 Å². The summed E-state index contributed by atoms with van der Waals surface area (Å²) in [4.78, 5) is 14.4. The van der Waals surface area contributed by atoms with Gasteiger partial charge in [0.1, 0.15) is 6.61 Å². The Bertz CT molecular complexity index is 282. The first-order chi connectivity index (χ1) is 6.56. The van der Waals surface area contributed by atoms with Gasteiger partial charge in [0.2, 0.25) is 5.91 Å². The van der Waals surface area contributed by atoms with Gasteiger partial charge in [-0.3, -0.25) is 4.79 Å². The summed E-state index contributed by atoms with van der Waals surface area (Å²) in [5.74, 6) is -0.0228. The number of allylic oxidation sites excluding steroid dienone is 4. The van der Waals surface area contributed by atoms with Crippen LogP contribution in [0.2, 0.25) is 13.1 Å². The zero-order valence-corrected chi connectivity index (χ0v) is 9.96. The van der Waals surface area contributed by atoms with Gasteiger partial charge in [-0.25, -0.2) is 0 Å². The average Bonchev–Trinajstić information content (AvgIpc) is 2.54. The number of carbonyl (C=O) groups excluding carboxylic acids is 1. The number of rotatable bonds is 4. The molecular formula is C10H17NO2Si. The molecule has 0 aromatic carbocycles. The fraction of sp³-hybridized carbons (Fsp3) is 0.500. The van der Waals surface area contributed by atoms with Gasteiger partial charge in [0.15, 0.2) is 8.24 Å². The first-order valence-corrected chi connectivity index (χ1v) is 7.73. The third-order valence-corrected chi connectivity index (χ3v) is 4.94. The molecule has 14 heavy (non-hydrogen) atoms. The van der Waals surface area contributed by atoms with Gasteiger partial charge in [0.05, 0.1) is 0 Å². The van der Waals surface area contributed by atoms with E-state index in [1.165, 1.54) is 12.3 Å². The van der Waals surface area contributed by atoms with Crippen LogP contribution in [-0.4, -0.2) is 27.9 Å². The number of methoxy groups -OCH3 is 1. The lowest BCUT2D eigenvalue weighted by Gasteiger charge is -2.24. The monoisotopic (exact) mass is 211 g/mol. The number of ether oxygens (including phenoxy) is 1. The minimum atomic E-state index is -1.78. The SMILES string of the molecule is COCC(=O)N[Si](C)(C)C1=CCC=C1. The summed E-state index contributed by atoms with van der Waals surface area (Å²) in [6, 6.07) is 0.